The number of hydrogen-bond acceptors (Lipinski definition) is 5. The molecular weight excluding hydrogens is 471 g/mol. The molecule has 4 aliphatic heterocycles. The van der Waals surface area contributed by atoms with Crippen LogP contribution in [0.3, 0.4) is 0 Å². The van der Waals surface area contributed by atoms with Crippen molar-refractivity contribution in [3.63, 3.8) is 0 Å². The van der Waals surface area contributed by atoms with Gasteiger partial charge >= 0.3 is 6.03 Å². The van der Waals surface area contributed by atoms with Gasteiger partial charge in [0, 0.05) is 72.3 Å². The standard InChI is InChI=1S/C28H35FN6O2/c1-17-14-18(10-12-30-17)27-21-15-34(13-11-23(21)32-33-27)28(36)31-24-8-6-19-7-9-25(24)35(19)16-20-22(29)4-3-5-26(20)37-2/h3-5,12,14,18-19,24-25H,6-11,13,15-16H2,1-2H3,(H,31,36)(H,32,33)/t18?,19-,24+,25-/m0/s1. The number of aromatic amines is 1. The highest BCUT2D eigenvalue weighted by Crippen LogP contribution is 2.39. The molecule has 5 heterocycles. The Balaban J connectivity index is 1.14. The Morgan fingerprint density at radius 3 is 2.97 bits per heavy atom. The number of nitrogens with zero attached hydrogens (tertiary/aromatic N) is 4. The summed E-state index contributed by atoms with van der Waals surface area (Å²) < 4.78 is 20.1. The van der Waals surface area contributed by atoms with Crippen molar-refractivity contribution in [2.24, 2.45) is 4.99 Å². The zero-order chi connectivity index (χ0) is 25.5. The molecule has 1 unspecified atom stereocenters. The zero-order valence-electron chi connectivity index (χ0n) is 21.5. The average Bonchev–Trinajstić information content (AvgIpc) is 3.45. The summed E-state index contributed by atoms with van der Waals surface area (Å²) in [5.41, 5.74) is 4.90. The Morgan fingerprint density at radius 2 is 2.14 bits per heavy atom. The molecule has 0 saturated carbocycles. The Hall–Kier alpha value is -3.20. The first kappa shape index (κ1) is 24.2. The van der Waals surface area contributed by atoms with Gasteiger partial charge in [0.25, 0.3) is 0 Å². The molecule has 0 aliphatic carbocycles. The van der Waals surface area contributed by atoms with Crippen LogP contribution in [-0.2, 0) is 19.5 Å². The third-order valence-corrected chi connectivity index (χ3v) is 8.61. The molecule has 2 bridgehead atoms. The Labute approximate surface area is 217 Å². The summed E-state index contributed by atoms with van der Waals surface area (Å²) in [6, 6.07) is 5.64. The molecule has 1 aromatic carbocycles. The summed E-state index contributed by atoms with van der Waals surface area (Å²) in [5, 5.41) is 11.2. The quantitative estimate of drug-likeness (QED) is 0.634. The van der Waals surface area contributed by atoms with E-state index in [2.05, 4.69) is 31.5 Å². The summed E-state index contributed by atoms with van der Waals surface area (Å²) in [4.78, 5) is 22.2. The molecule has 0 radical (unpaired) electrons. The van der Waals surface area contributed by atoms with Crippen LogP contribution >= 0.6 is 0 Å². The number of aromatic nitrogens is 2. The number of fused-ring (bicyclic) bond motifs is 3. The number of halogens is 1. The van der Waals surface area contributed by atoms with Crippen molar-refractivity contribution >= 4 is 12.2 Å². The second-order valence-electron chi connectivity index (χ2n) is 10.7. The number of nitrogens with one attached hydrogen (secondary N) is 2. The average molecular weight is 507 g/mol. The first-order valence-corrected chi connectivity index (χ1v) is 13.4. The third kappa shape index (κ3) is 4.54. The van der Waals surface area contributed by atoms with Crippen molar-refractivity contribution in [1.29, 1.82) is 0 Å². The van der Waals surface area contributed by atoms with E-state index >= 15 is 0 Å². The summed E-state index contributed by atoms with van der Waals surface area (Å²) in [5.74, 6) is 0.539. The van der Waals surface area contributed by atoms with Crippen LogP contribution in [-0.4, -0.2) is 64.0 Å². The predicted molar refractivity (Wildman–Crippen MR) is 139 cm³/mol. The topological polar surface area (TPSA) is 85.9 Å². The molecule has 6 rings (SSSR count). The van der Waals surface area contributed by atoms with Gasteiger partial charge in [-0.1, -0.05) is 12.1 Å². The molecule has 2 N–H and O–H groups in total. The molecule has 4 aliphatic rings. The number of urea groups is 1. The molecule has 2 fully saturated rings. The molecule has 4 atom stereocenters. The monoisotopic (exact) mass is 506 g/mol. The lowest BCUT2D eigenvalue weighted by molar-refractivity contribution is 0.0964. The third-order valence-electron chi connectivity index (χ3n) is 8.61. The number of hydrogen-bond donors (Lipinski definition) is 2. The van der Waals surface area contributed by atoms with Crippen molar-refractivity contribution in [2.75, 3.05) is 13.7 Å². The van der Waals surface area contributed by atoms with Crippen LogP contribution < -0.4 is 10.1 Å². The van der Waals surface area contributed by atoms with E-state index in [-0.39, 0.29) is 29.8 Å². The van der Waals surface area contributed by atoms with E-state index in [1.807, 2.05) is 24.1 Å². The maximum Gasteiger partial charge on any atom is 0.317 e. The van der Waals surface area contributed by atoms with E-state index in [0.29, 0.717) is 37.0 Å². The lowest BCUT2D eigenvalue weighted by Gasteiger charge is -2.41. The minimum Gasteiger partial charge on any atom is -0.496 e. The van der Waals surface area contributed by atoms with Gasteiger partial charge in [0.2, 0.25) is 0 Å². The zero-order valence-corrected chi connectivity index (χ0v) is 21.5. The number of piperidine rings is 1. The van der Waals surface area contributed by atoms with Gasteiger partial charge in [0.1, 0.15) is 11.6 Å². The van der Waals surface area contributed by atoms with Crippen LogP contribution in [0.1, 0.15) is 67.5 Å². The molecule has 196 valence electrons. The smallest absolute Gasteiger partial charge is 0.317 e. The normalized spacial score (nSPS) is 27.1. The minimum atomic E-state index is -0.237. The van der Waals surface area contributed by atoms with Gasteiger partial charge in [0.05, 0.1) is 19.3 Å². The highest BCUT2D eigenvalue weighted by Gasteiger charge is 2.43. The SMILES string of the molecule is COc1cccc(F)c1CN1[C@H]2CC[C@@H](NC(=O)N3CCc4[nH]nc(C5C=C(C)N=CC5)c4C3)[C@@H]1CC2. The molecule has 2 amide bonds. The molecule has 37 heavy (non-hydrogen) atoms. The fourth-order valence-electron chi connectivity index (χ4n) is 6.70. The number of carbonyl (C=O) groups excluding carboxylic acids is 1. The second-order valence-corrected chi connectivity index (χ2v) is 10.7. The summed E-state index contributed by atoms with van der Waals surface area (Å²) in [6.07, 6.45) is 9.76. The molecule has 9 heteroatoms. The number of aliphatic imine (C=N–C) groups is 1. The van der Waals surface area contributed by atoms with Crippen molar-refractivity contribution in [1.82, 2.24) is 25.3 Å². The number of rotatable bonds is 5. The van der Waals surface area contributed by atoms with E-state index in [4.69, 9.17) is 4.74 Å². The van der Waals surface area contributed by atoms with Gasteiger partial charge in [-0.3, -0.25) is 15.0 Å². The van der Waals surface area contributed by atoms with Gasteiger partial charge in [0.15, 0.2) is 0 Å². The van der Waals surface area contributed by atoms with E-state index in [1.165, 1.54) is 6.07 Å². The minimum absolute atomic E-state index is 0.0199. The molecule has 2 saturated heterocycles. The van der Waals surface area contributed by atoms with Gasteiger partial charge in [-0.15, -0.1) is 0 Å². The number of H-pyrrole nitrogens is 1. The van der Waals surface area contributed by atoms with Crippen molar-refractivity contribution in [3.05, 3.63) is 58.3 Å². The fourth-order valence-corrected chi connectivity index (χ4v) is 6.70. The summed E-state index contributed by atoms with van der Waals surface area (Å²) >= 11 is 0. The highest BCUT2D eigenvalue weighted by molar-refractivity contribution is 5.75. The van der Waals surface area contributed by atoms with Crippen molar-refractivity contribution < 1.29 is 13.9 Å². The van der Waals surface area contributed by atoms with Crippen LogP contribution in [0.5, 0.6) is 5.75 Å². The number of allylic oxidation sites excluding steroid dienone is 2. The fraction of sp³-hybridized carbons (Fsp3) is 0.536. The summed E-state index contributed by atoms with van der Waals surface area (Å²) in [7, 11) is 1.58. The second kappa shape index (κ2) is 9.93. The van der Waals surface area contributed by atoms with E-state index in [0.717, 1.165) is 61.2 Å². The van der Waals surface area contributed by atoms with Gasteiger partial charge in [-0.05, 0) is 51.2 Å². The first-order chi connectivity index (χ1) is 18.0. The van der Waals surface area contributed by atoms with Gasteiger partial charge in [-0.2, -0.15) is 5.10 Å². The number of amides is 2. The van der Waals surface area contributed by atoms with Crippen LogP contribution in [0.25, 0.3) is 0 Å². The first-order valence-electron chi connectivity index (χ1n) is 13.4. The van der Waals surface area contributed by atoms with E-state index < -0.39 is 0 Å². The number of carbonyl (C=O) groups is 1. The number of methoxy groups -OCH3 is 1. The Kier molecular flexibility index (Phi) is 6.48. The van der Waals surface area contributed by atoms with Crippen molar-refractivity contribution in [3.8, 4) is 5.75 Å². The van der Waals surface area contributed by atoms with E-state index in [1.54, 1.807) is 13.2 Å². The Bertz CT molecular complexity index is 1240. The lowest BCUT2D eigenvalue weighted by atomic mass is 9.93. The molecule has 0 spiro atoms. The largest absolute Gasteiger partial charge is 0.496 e. The Morgan fingerprint density at radius 1 is 1.27 bits per heavy atom. The van der Waals surface area contributed by atoms with Crippen LogP contribution in [0.4, 0.5) is 9.18 Å². The molecular formula is C28H35FN6O2. The van der Waals surface area contributed by atoms with E-state index in [9.17, 15) is 9.18 Å². The van der Waals surface area contributed by atoms with Crippen LogP contribution in [0.15, 0.2) is 35.0 Å². The van der Waals surface area contributed by atoms with Crippen LogP contribution in [0, 0.1) is 5.82 Å². The van der Waals surface area contributed by atoms with Crippen molar-refractivity contribution in [2.45, 2.75) is 82.6 Å². The summed E-state index contributed by atoms with van der Waals surface area (Å²) in [6.45, 7) is 3.73. The molecule has 1 aromatic heterocycles. The number of ether oxygens (including phenoxy) is 1. The number of benzene rings is 1. The highest BCUT2D eigenvalue weighted by atomic mass is 19.1. The maximum atomic E-state index is 14.7. The molecule has 8 nitrogen and oxygen atoms in total. The van der Waals surface area contributed by atoms with Gasteiger partial charge in [-0.25, -0.2) is 9.18 Å². The van der Waals surface area contributed by atoms with Gasteiger partial charge < -0.3 is 15.0 Å². The lowest BCUT2D eigenvalue weighted by Crippen LogP contribution is -2.56. The van der Waals surface area contributed by atoms with Crippen LogP contribution in [0.2, 0.25) is 0 Å². The molecule has 2 aromatic rings. The maximum absolute atomic E-state index is 14.7. The predicted octanol–water partition coefficient (Wildman–Crippen LogP) is 4.28.